The normalized spacial score (nSPS) is 10.3. The number of ether oxygens (including phenoxy) is 2. The predicted octanol–water partition coefficient (Wildman–Crippen LogP) is 2.56. The molecule has 0 unspecified atom stereocenters. The van der Waals surface area contributed by atoms with Crippen LogP contribution in [0.15, 0.2) is 6.07 Å². The van der Waals surface area contributed by atoms with Crippen molar-refractivity contribution in [3.63, 3.8) is 0 Å². The minimum atomic E-state index is 0.635. The van der Waals surface area contributed by atoms with Crippen molar-refractivity contribution in [2.45, 2.75) is 19.8 Å². The van der Waals surface area contributed by atoms with Crippen molar-refractivity contribution in [3.8, 4) is 11.5 Å². The van der Waals surface area contributed by atoms with Gasteiger partial charge in [0.15, 0.2) is 11.5 Å². The molecule has 0 amide bonds. The molecule has 0 spiro atoms. The topological polar surface area (TPSA) is 44.5 Å². The van der Waals surface area contributed by atoms with Gasteiger partial charge in [0.1, 0.15) is 0 Å². The van der Waals surface area contributed by atoms with E-state index in [0.29, 0.717) is 12.3 Å². The third kappa shape index (κ3) is 2.60. The lowest BCUT2D eigenvalue weighted by Crippen LogP contribution is -2.04. The number of nitrogens with two attached hydrogens (primary N) is 1. The van der Waals surface area contributed by atoms with Crippen LogP contribution in [-0.2, 0) is 6.42 Å². The highest BCUT2D eigenvalue weighted by molar-refractivity contribution is 6.32. The minimum Gasteiger partial charge on any atom is -0.493 e. The largest absolute Gasteiger partial charge is 0.493 e. The second-order valence-corrected chi connectivity index (χ2v) is 3.99. The molecule has 0 aliphatic carbocycles. The van der Waals surface area contributed by atoms with Crippen LogP contribution in [0, 0.1) is 6.92 Å². The maximum absolute atomic E-state index is 6.27. The second-order valence-electron chi connectivity index (χ2n) is 3.61. The van der Waals surface area contributed by atoms with Crippen LogP contribution in [0.5, 0.6) is 11.5 Å². The van der Waals surface area contributed by atoms with Crippen LogP contribution < -0.4 is 15.2 Å². The second kappa shape index (κ2) is 5.97. The van der Waals surface area contributed by atoms with Gasteiger partial charge in [0.05, 0.1) is 19.2 Å². The van der Waals surface area contributed by atoms with Crippen LogP contribution in [0.25, 0.3) is 0 Å². The minimum absolute atomic E-state index is 0.635. The number of hydrogen-bond donors (Lipinski definition) is 1. The summed E-state index contributed by atoms with van der Waals surface area (Å²) < 4.78 is 10.6. The molecular formula is C12H18ClNO2. The van der Waals surface area contributed by atoms with Gasteiger partial charge in [-0.25, -0.2) is 0 Å². The summed E-state index contributed by atoms with van der Waals surface area (Å²) in [5.41, 5.74) is 7.48. The number of hydrogen-bond acceptors (Lipinski definition) is 3. The molecule has 1 rings (SSSR count). The quantitative estimate of drug-likeness (QED) is 0.865. The van der Waals surface area contributed by atoms with Gasteiger partial charge in [-0.05, 0) is 37.9 Å². The van der Waals surface area contributed by atoms with Crippen molar-refractivity contribution in [1.82, 2.24) is 0 Å². The van der Waals surface area contributed by atoms with Gasteiger partial charge in [0.25, 0.3) is 0 Å². The Kier molecular flexibility index (Phi) is 4.90. The van der Waals surface area contributed by atoms with Gasteiger partial charge < -0.3 is 15.2 Å². The van der Waals surface area contributed by atoms with Gasteiger partial charge in [-0.3, -0.25) is 0 Å². The van der Waals surface area contributed by atoms with Crippen LogP contribution in [-0.4, -0.2) is 20.8 Å². The lowest BCUT2D eigenvalue weighted by atomic mass is 10.0. The summed E-state index contributed by atoms with van der Waals surface area (Å²) in [7, 11) is 3.24. The Morgan fingerprint density at radius 1 is 1.31 bits per heavy atom. The van der Waals surface area contributed by atoms with Crippen LogP contribution in [0.4, 0.5) is 0 Å². The molecule has 0 aliphatic rings. The molecule has 4 heteroatoms. The van der Waals surface area contributed by atoms with E-state index in [9.17, 15) is 0 Å². The van der Waals surface area contributed by atoms with E-state index in [0.717, 1.165) is 34.7 Å². The third-order valence-corrected chi connectivity index (χ3v) is 3.04. The van der Waals surface area contributed by atoms with Gasteiger partial charge in [-0.1, -0.05) is 11.6 Å². The molecule has 2 N–H and O–H groups in total. The molecule has 0 bridgehead atoms. The zero-order valence-electron chi connectivity index (χ0n) is 9.97. The molecule has 0 atom stereocenters. The van der Waals surface area contributed by atoms with Crippen LogP contribution >= 0.6 is 11.6 Å². The SMILES string of the molecule is COc1cc(C)c(Cl)c(CCCN)c1OC. The van der Waals surface area contributed by atoms with Crippen molar-refractivity contribution < 1.29 is 9.47 Å². The summed E-state index contributed by atoms with van der Waals surface area (Å²) in [6.45, 7) is 2.59. The standard InChI is InChI=1S/C12H18ClNO2/c1-8-7-10(15-2)12(16-3)9(11(8)13)5-4-6-14/h7H,4-6,14H2,1-3H3. The highest BCUT2D eigenvalue weighted by atomic mass is 35.5. The van der Waals surface area contributed by atoms with Crippen molar-refractivity contribution in [2.75, 3.05) is 20.8 Å². The first kappa shape index (κ1) is 13.1. The van der Waals surface area contributed by atoms with E-state index >= 15 is 0 Å². The zero-order valence-corrected chi connectivity index (χ0v) is 10.7. The Balaban J connectivity index is 3.23. The Labute approximate surface area is 101 Å². The summed E-state index contributed by atoms with van der Waals surface area (Å²) in [6.07, 6.45) is 1.68. The zero-order chi connectivity index (χ0) is 12.1. The molecule has 16 heavy (non-hydrogen) atoms. The Hall–Kier alpha value is -0.930. The van der Waals surface area contributed by atoms with Crippen molar-refractivity contribution in [2.24, 2.45) is 5.73 Å². The van der Waals surface area contributed by atoms with E-state index in [1.807, 2.05) is 13.0 Å². The van der Waals surface area contributed by atoms with Crippen LogP contribution in [0.3, 0.4) is 0 Å². The molecule has 1 aromatic rings. The van der Waals surface area contributed by atoms with Crippen molar-refractivity contribution >= 4 is 11.6 Å². The van der Waals surface area contributed by atoms with E-state index in [2.05, 4.69) is 0 Å². The monoisotopic (exact) mass is 243 g/mol. The fourth-order valence-corrected chi connectivity index (χ4v) is 1.92. The molecule has 0 saturated carbocycles. The maximum Gasteiger partial charge on any atom is 0.165 e. The fraction of sp³-hybridized carbons (Fsp3) is 0.500. The molecular weight excluding hydrogens is 226 g/mol. The molecule has 0 fully saturated rings. The first-order valence-electron chi connectivity index (χ1n) is 5.25. The Morgan fingerprint density at radius 2 is 2.00 bits per heavy atom. The first-order chi connectivity index (χ1) is 7.65. The summed E-state index contributed by atoms with van der Waals surface area (Å²) in [6, 6.07) is 1.88. The van der Waals surface area contributed by atoms with Crippen LogP contribution in [0.1, 0.15) is 17.5 Å². The van der Waals surface area contributed by atoms with Crippen molar-refractivity contribution in [1.29, 1.82) is 0 Å². The van der Waals surface area contributed by atoms with E-state index in [4.69, 9.17) is 26.8 Å². The molecule has 1 aromatic carbocycles. The van der Waals surface area contributed by atoms with E-state index < -0.39 is 0 Å². The number of aryl methyl sites for hydroxylation is 1. The summed E-state index contributed by atoms with van der Waals surface area (Å²) in [4.78, 5) is 0. The molecule has 0 aromatic heterocycles. The highest BCUT2D eigenvalue weighted by Crippen LogP contribution is 2.38. The maximum atomic E-state index is 6.27. The number of methoxy groups -OCH3 is 2. The fourth-order valence-electron chi connectivity index (χ4n) is 1.69. The summed E-state index contributed by atoms with van der Waals surface area (Å²) in [5, 5.41) is 0.742. The number of rotatable bonds is 5. The van der Waals surface area contributed by atoms with Gasteiger partial charge in [0, 0.05) is 5.56 Å². The summed E-state index contributed by atoms with van der Waals surface area (Å²) >= 11 is 6.27. The van der Waals surface area contributed by atoms with E-state index in [1.54, 1.807) is 14.2 Å². The Morgan fingerprint density at radius 3 is 2.50 bits per heavy atom. The third-order valence-electron chi connectivity index (χ3n) is 2.51. The molecule has 0 aliphatic heterocycles. The number of benzene rings is 1. The van der Waals surface area contributed by atoms with Gasteiger partial charge in [-0.15, -0.1) is 0 Å². The lowest BCUT2D eigenvalue weighted by Gasteiger charge is -2.16. The molecule has 3 nitrogen and oxygen atoms in total. The molecule has 0 radical (unpaired) electrons. The molecule has 0 heterocycles. The molecule has 90 valence electrons. The Bertz CT molecular complexity index is 367. The van der Waals surface area contributed by atoms with Gasteiger partial charge in [-0.2, -0.15) is 0 Å². The first-order valence-corrected chi connectivity index (χ1v) is 5.63. The highest BCUT2D eigenvalue weighted by Gasteiger charge is 2.15. The van der Waals surface area contributed by atoms with Crippen molar-refractivity contribution in [3.05, 3.63) is 22.2 Å². The van der Waals surface area contributed by atoms with Gasteiger partial charge in [0.2, 0.25) is 0 Å². The van der Waals surface area contributed by atoms with E-state index in [-0.39, 0.29) is 0 Å². The predicted molar refractivity (Wildman–Crippen MR) is 66.7 cm³/mol. The summed E-state index contributed by atoms with van der Waals surface area (Å²) in [5.74, 6) is 1.43. The van der Waals surface area contributed by atoms with Gasteiger partial charge >= 0.3 is 0 Å². The van der Waals surface area contributed by atoms with E-state index in [1.165, 1.54) is 0 Å². The van der Waals surface area contributed by atoms with Crippen LogP contribution in [0.2, 0.25) is 5.02 Å². The average Bonchev–Trinajstić information content (AvgIpc) is 2.30. The average molecular weight is 244 g/mol. The lowest BCUT2D eigenvalue weighted by molar-refractivity contribution is 0.351. The smallest absolute Gasteiger partial charge is 0.165 e. The molecule has 0 saturated heterocycles. The number of halogens is 1.